The molecule has 2 aromatic rings. The van der Waals surface area contributed by atoms with Gasteiger partial charge in [-0.2, -0.15) is 0 Å². The van der Waals surface area contributed by atoms with Gasteiger partial charge in [-0.1, -0.05) is 23.8 Å². The van der Waals surface area contributed by atoms with Gasteiger partial charge in [0.1, 0.15) is 5.69 Å². The SMILES string of the molecule is Cc1ccc(C)c(C(=O)NNC(=O)c2ccccn2)c1. The molecule has 1 heterocycles. The topological polar surface area (TPSA) is 71.1 Å². The smallest absolute Gasteiger partial charge is 0.267 e. The summed E-state index contributed by atoms with van der Waals surface area (Å²) in [7, 11) is 0. The molecule has 0 fully saturated rings. The fourth-order valence-electron chi connectivity index (χ4n) is 1.72. The third-order valence-electron chi connectivity index (χ3n) is 2.82. The lowest BCUT2D eigenvalue weighted by molar-refractivity contribution is 0.0843. The fourth-order valence-corrected chi connectivity index (χ4v) is 1.72. The summed E-state index contributed by atoms with van der Waals surface area (Å²) in [6.07, 6.45) is 1.52. The van der Waals surface area contributed by atoms with Crippen molar-refractivity contribution >= 4 is 11.8 Å². The molecule has 0 aliphatic heterocycles. The number of carbonyl (C=O) groups is 2. The van der Waals surface area contributed by atoms with Gasteiger partial charge in [0.15, 0.2) is 0 Å². The standard InChI is InChI=1S/C15H15N3O2/c1-10-6-7-11(2)12(9-10)14(19)17-18-15(20)13-5-3-4-8-16-13/h3-9H,1-2H3,(H,17,19)(H,18,20). The molecule has 0 unspecified atom stereocenters. The normalized spacial score (nSPS) is 9.90. The lowest BCUT2D eigenvalue weighted by Crippen LogP contribution is -2.42. The highest BCUT2D eigenvalue weighted by Crippen LogP contribution is 2.10. The van der Waals surface area contributed by atoms with Crippen LogP contribution in [0.25, 0.3) is 0 Å². The van der Waals surface area contributed by atoms with Crippen molar-refractivity contribution in [2.45, 2.75) is 13.8 Å². The van der Waals surface area contributed by atoms with Crippen LogP contribution in [0.4, 0.5) is 0 Å². The zero-order valence-corrected chi connectivity index (χ0v) is 11.3. The number of nitrogens with one attached hydrogen (secondary N) is 2. The summed E-state index contributed by atoms with van der Waals surface area (Å²) >= 11 is 0. The van der Waals surface area contributed by atoms with Crippen molar-refractivity contribution in [3.63, 3.8) is 0 Å². The molecular weight excluding hydrogens is 254 g/mol. The number of carbonyl (C=O) groups excluding carboxylic acids is 2. The zero-order chi connectivity index (χ0) is 14.5. The van der Waals surface area contributed by atoms with Crippen molar-refractivity contribution in [3.8, 4) is 0 Å². The van der Waals surface area contributed by atoms with Crippen LogP contribution in [0.15, 0.2) is 42.6 Å². The number of aromatic nitrogens is 1. The van der Waals surface area contributed by atoms with E-state index in [9.17, 15) is 9.59 Å². The lowest BCUT2D eigenvalue weighted by atomic mass is 10.1. The summed E-state index contributed by atoms with van der Waals surface area (Å²) < 4.78 is 0. The molecule has 1 aromatic heterocycles. The lowest BCUT2D eigenvalue weighted by Gasteiger charge is -2.09. The Morgan fingerprint density at radius 1 is 1.00 bits per heavy atom. The highest BCUT2D eigenvalue weighted by atomic mass is 16.2. The number of hydrazine groups is 1. The molecule has 0 aliphatic rings. The molecule has 5 heteroatoms. The summed E-state index contributed by atoms with van der Waals surface area (Å²) in [6.45, 7) is 3.75. The van der Waals surface area contributed by atoms with Crippen LogP contribution in [0.5, 0.6) is 0 Å². The van der Waals surface area contributed by atoms with Gasteiger partial charge in [-0.15, -0.1) is 0 Å². The van der Waals surface area contributed by atoms with Crippen molar-refractivity contribution < 1.29 is 9.59 Å². The summed E-state index contributed by atoms with van der Waals surface area (Å²) in [5.41, 5.74) is 7.34. The van der Waals surface area contributed by atoms with Crippen LogP contribution in [-0.4, -0.2) is 16.8 Å². The Balaban J connectivity index is 2.02. The number of benzene rings is 1. The van der Waals surface area contributed by atoms with Crippen LogP contribution >= 0.6 is 0 Å². The van der Waals surface area contributed by atoms with E-state index in [1.807, 2.05) is 26.0 Å². The number of rotatable bonds is 2. The van der Waals surface area contributed by atoms with Gasteiger partial charge in [-0.3, -0.25) is 25.4 Å². The quantitative estimate of drug-likeness (QED) is 0.816. The zero-order valence-electron chi connectivity index (χ0n) is 11.3. The predicted octanol–water partition coefficient (Wildman–Crippen LogP) is 1.77. The molecule has 5 nitrogen and oxygen atoms in total. The van der Waals surface area contributed by atoms with E-state index in [-0.39, 0.29) is 11.6 Å². The van der Waals surface area contributed by atoms with E-state index in [0.29, 0.717) is 5.56 Å². The van der Waals surface area contributed by atoms with Crippen molar-refractivity contribution in [2.24, 2.45) is 0 Å². The van der Waals surface area contributed by atoms with Gasteiger partial charge < -0.3 is 0 Å². The molecule has 0 radical (unpaired) electrons. The van der Waals surface area contributed by atoms with E-state index in [2.05, 4.69) is 15.8 Å². The van der Waals surface area contributed by atoms with Crippen LogP contribution in [0.1, 0.15) is 32.0 Å². The molecule has 1 aromatic carbocycles. The molecule has 20 heavy (non-hydrogen) atoms. The molecule has 0 atom stereocenters. The maximum atomic E-state index is 12.0. The molecule has 2 amide bonds. The molecule has 0 bridgehead atoms. The van der Waals surface area contributed by atoms with Crippen molar-refractivity contribution in [1.29, 1.82) is 0 Å². The second kappa shape index (κ2) is 5.97. The van der Waals surface area contributed by atoms with Crippen LogP contribution in [-0.2, 0) is 0 Å². The van der Waals surface area contributed by atoms with Crippen molar-refractivity contribution in [2.75, 3.05) is 0 Å². The summed E-state index contributed by atoms with van der Waals surface area (Å²) in [4.78, 5) is 27.6. The first kappa shape index (κ1) is 13.7. The van der Waals surface area contributed by atoms with Gasteiger partial charge in [0.05, 0.1) is 0 Å². The van der Waals surface area contributed by atoms with E-state index in [1.165, 1.54) is 6.20 Å². The predicted molar refractivity (Wildman–Crippen MR) is 75.1 cm³/mol. The minimum absolute atomic E-state index is 0.244. The average molecular weight is 269 g/mol. The highest BCUT2D eigenvalue weighted by molar-refractivity contribution is 5.99. The Hall–Kier alpha value is -2.69. The minimum Gasteiger partial charge on any atom is -0.267 e. The number of nitrogens with zero attached hydrogens (tertiary/aromatic N) is 1. The monoisotopic (exact) mass is 269 g/mol. The van der Waals surface area contributed by atoms with Gasteiger partial charge >= 0.3 is 0 Å². The van der Waals surface area contributed by atoms with E-state index >= 15 is 0 Å². The number of aryl methyl sites for hydroxylation is 2. The van der Waals surface area contributed by atoms with Gasteiger partial charge in [-0.25, -0.2) is 0 Å². The molecule has 102 valence electrons. The average Bonchev–Trinajstić information content (AvgIpc) is 2.47. The summed E-state index contributed by atoms with van der Waals surface area (Å²) in [5, 5.41) is 0. The summed E-state index contributed by atoms with van der Waals surface area (Å²) in [5.74, 6) is -0.806. The Labute approximate surface area is 117 Å². The van der Waals surface area contributed by atoms with E-state index in [1.54, 1.807) is 24.3 Å². The summed E-state index contributed by atoms with van der Waals surface area (Å²) in [6, 6.07) is 10.6. The molecule has 0 spiro atoms. The van der Waals surface area contributed by atoms with Crippen LogP contribution in [0.2, 0.25) is 0 Å². The number of amides is 2. The maximum absolute atomic E-state index is 12.0. The van der Waals surface area contributed by atoms with Gasteiger partial charge in [0.25, 0.3) is 11.8 Å². The number of hydrogen-bond donors (Lipinski definition) is 2. The molecule has 0 aliphatic carbocycles. The largest absolute Gasteiger partial charge is 0.288 e. The van der Waals surface area contributed by atoms with Crippen LogP contribution in [0.3, 0.4) is 0 Å². The molecule has 0 saturated heterocycles. The van der Waals surface area contributed by atoms with Gasteiger partial charge in [0.2, 0.25) is 0 Å². The first-order chi connectivity index (χ1) is 9.58. The minimum atomic E-state index is -0.454. The second-order valence-electron chi connectivity index (χ2n) is 4.44. The Kier molecular flexibility index (Phi) is 4.10. The van der Waals surface area contributed by atoms with Gasteiger partial charge in [-0.05, 0) is 37.6 Å². The van der Waals surface area contributed by atoms with E-state index in [4.69, 9.17) is 0 Å². The fraction of sp³-hybridized carbons (Fsp3) is 0.133. The first-order valence-corrected chi connectivity index (χ1v) is 6.17. The van der Waals surface area contributed by atoms with Crippen molar-refractivity contribution in [1.82, 2.24) is 15.8 Å². The number of pyridine rings is 1. The van der Waals surface area contributed by atoms with E-state index in [0.717, 1.165) is 11.1 Å². The van der Waals surface area contributed by atoms with Crippen LogP contribution in [0, 0.1) is 13.8 Å². The van der Waals surface area contributed by atoms with E-state index < -0.39 is 5.91 Å². The maximum Gasteiger partial charge on any atom is 0.288 e. The second-order valence-corrected chi connectivity index (χ2v) is 4.44. The van der Waals surface area contributed by atoms with Gasteiger partial charge in [0, 0.05) is 11.8 Å². The number of hydrogen-bond acceptors (Lipinski definition) is 3. The third kappa shape index (κ3) is 3.20. The molecular formula is C15H15N3O2. The first-order valence-electron chi connectivity index (χ1n) is 6.17. The molecule has 2 rings (SSSR count). The molecule has 0 saturated carbocycles. The highest BCUT2D eigenvalue weighted by Gasteiger charge is 2.11. The third-order valence-corrected chi connectivity index (χ3v) is 2.82. The van der Waals surface area contributed by atoms with Crippen molar-refractivity contribution in [3.05, 3.63) is 65.0 Å². The molecule has 2 N–H and O–H groups in total. The Morgan fingerprint density at radius 2 is 1.75 bits per heavy atom. The Bertz CT molecular complexity index is 639. The Morgan fingerprint density at radius 3 is 2.45 bits per heavy atom. The van der Waals surface area contributed by atoms with Crippen LogP contribution < -0.4 is 10.9 Å².